The van der Waals surface area contributed by atoms with Crippen molar-refractivity contribution < 1.29 is 9.47 Å². The number of pyridine rings is 1. The van der Waals surface area contributed by atoms with Gasteiger partial charge in [0.15, 0.2) is 11.5 Å². The Balaban J connectivity index is 1.96. The smallest absolute Gasteiger partial charge is 0.225 e. The standard InChI is InChI=1S/C21H25N5O2/c1-5-14(2)23-21-25-17(15-7-6-10-22-13-15)12-20(26-21)24-16-8-9-18(27-3)19(11-16)28-4/h6-14H,5H2,1-4H3,(H2,23,24,25,26)/t14-/m0/s1. The first kappa shape index (κ1) is 19.4. The van der Waals surface area contributed by atoms with Gasteiger partial charge in [-0.1, -0.05) is 6.92 Å². The Morgan fingerprint density at radius 2 is 1.86 bits per heavy atom. The van der Waals surface area contributed by atoms with Crippen LogP contribution in [0.3, 0.4) is 0 Å². The Labute approximate surface area is 165 Å². The summed E-state index contributed by atoms with van der Waals surface area (Å²) in [6, 6.07) is 11.7. The number of ether oxygens (including phenoxy) is 2. The van der Waals surface area contributed by atoms with Crippen molar-refractivity contribution in [3.8, 4) is 22.8 Å². The van der Waals surface area contributed by atoms with Crippen LogP contribution in [0.5, 0.6) is 11.5 Å². The van der Waals surface area contributed by atoms with Gasteiger partial charge in [-0.25, -0.2) is 4.98 Å². The van der Waals surface area contributed by atoms with Crippen LogP contribution < -0.4 is 20.1 Å². The Morgan fingerprint density at radius 1 is 1.04 bits per heavy atom. The van der Waals surface area contributed by atoms with Gasteiger partial charge in [0.2, 0.25) is 5.95 Å². The van der Waals surface area contributed by atoms with Gasteiger partial charge >= 0.3 is 0 Å². The Hall–Kier alpha value is -3.35. The summed E-state index contributed by atoms with van der Waals surface area (Å²) in [7, 11) is 3.23. The largest absolute Gasteiger partial charge is 0.493 e. The molecule has 7 heteroatoms. The van der Waals surface area contributed by atoms with Gasteiger partial charge in [-0.05, 0) is 37.6 Å². The topological polar surface area (TPSA) is 81.2 Å². The quantitative estimate of drug-likeness (QED) is 0.596. The van der Waals surface area contributed by atoms with Gasteiger partial charge in [-0.2, -0.15) is 4.98 Å². The van der Waals surface area contributed by atoms with Gasteiger partial charge in [-0.3, -0.25) is 4.98 Å². The molecular formula is C21H25N5O2. The summed E-state index contributed by atoms with van der Waals surface area (Å²) < 4.78 is 10.7. The third-order valence-corrected chi connectivity index (χ3v) is 4.33. The molecule has 0 unspecified atom stereocenters. The first-order valence-corrected chi connectivity index (χ1v) is 9.18. The lowest BCUT2D eigenvalue weighted by Gasteiger charge is -2.15. The summed E-state index contributed by atoms with van der Waals surface area (Å²) in [5.41, 5.74) is 2.55. The van der Waals surface area contributed by atoms with Gasteiger partial charge in [0, 0.05) is 41.8 Å². The summed E-state index contributed by atoms with van der Waals surface area (Å²) in [5, 5.41) is 6.67. The van der Waals surface area contributed by atoms with E-state index in [-0.39, 0.29) is 6.04 Å². The average Bonchev–Trinajstić information content (AvgIpc) is 2.74. The number of nitrogens with zero attached hydrogens (tertiary/aromatic N) is 3. The minimum absolute atomic E-state index is 0.262. The van der Waals surface area contributed by atoms with Gasteiger partial charge in [0.1, 0.15) is 5.82 Å². The van der Waals surface area contributed by atoms with E-state index >= 15 is 0 Å². The minimum Gasteiger partial charge on any atom is -0.493 e. The summed E-state index contributed by atoms with van der Waals surface area (Å²) in [5.74, 6) is 2.56. The van der Waals surface area contributed by atoms with E-state index in [4.69, 9.17) is 9.47 Å². The predicted octanol–water partition coefficient (Wildman–Crippen LogP) is 4.51. The highest BCUT2D eigenvalue weighted by molar-refractivity contribution is 5.68. The lowest BCUT2D eigenvalue weighted by atomic mass is 10.2. The van der Waals surface area contributed by atoms with Crippen LogP contribution >= 0.6 is 0 Å². The fourth-order valence-corrected chi connectivity index (χ4v) is 2.62. The summed E-state index contributed by atoms with van der Waals surface area (Å²) in [4.78, 5) is 13.5. The zero-order chi connectivity index (χ0) is 19.9. The Kier molecular flexibility index (Phi) is 6.26. The number of benzene rings is 1. The second kappa shape index (κ2) is 9.03. The number of aromatic nitrogens is 3. The van der Waals surface area contributed by atoms with E-state index in [0.29, 0.717) is 23.3 Å². The lowest BCUT2D eigenvalue weighted by molar-refractivity contribution is 0.355. The maximum Gasteiger partial charge on any atom is 0.225 e. The van der Waals surface area contributed by atoms with E-state index in [2.05, 4.69) is 39.4 Å². The molecular weight excluding hydrogens is 354 g/mol. The first-order valence-electron chi connectivity index (χ1n) is 9.18. The van der Waals surface area contributed by atoms with Gasteiger partial charge < -0.3 is 20.1 Å². The summed E-state index contributed by atoms with van der Waals surface area (Å²) in [6.45, 7) is 4.22. The van der Waals surface area contributed by atoms with Gasteiger partial charge in [-0.15, -0.1) is 0 Å². The van der Waals surface area contributed by atoms with Crippen molar-refractivity contribution in [2.24, 2.45) is 0 Å². The number of hydrogen-bond acceptors (Lipinski definition) is 7. The maximum absolute atomic E-state index is 5.38. The third-order valence-electron chi connectivity index (χ3n) is 4.33. The number of methoxy groups -OCH3 is 2. The van der Waals surface area contributed by atoms with E-state index in [0.717, 1.165) is 23.4 Å². The normalized spacial score (nSPS) is 11.6. The molecule has 0 saturated carbocycles. The molecule has 0 saturated heterocycles. The number of rotatable bonds is 8. The first-order chi connectivity index (χ1) is 13.6. The molecule has 0 fully saturated rings. The molecule has 1 atom stereocenters. The molecule has 0 aliphatic carbocycles. The zero-order valence-corrected chi connectivity index (χ0v) is 16.6. The molecule has 1 aromatic carbocycles. The van der Waals surface area contributed by atoms with Crippen LogP contribution in [-0.2, 0) is 0 Å². The second-order valence-electron chi connectivity index (χ2n) is 6.35. The van der Waals surface area contributed by atoms with Crippen molar-refractivity contribution in [2.75, 3.05) is 24.9 Å². The molecule has 28 heavy (non-hydrogen) atoms. The molecule has 146 valence electrons. The van der Waals surface area contributed by atoms with Crippen molar-refractivity contribution in [1.29, 1.82) is 0 Å². The van der Waals surface area contributed by atoms with Crippen molar-refractivity contribution in [2.45, 2.75) is 26.3 Å². The summed E-state index contributed by atoms with van der Waals surface area (Å²) >= 11 is 0. The van der Waals surface area contributed by atoms with E-state index in [1.54, 1.807) is 26.6 Å². The average molecular weight is 379 g/mol. The van der Waals surface area contributed by atoms with E-state index in [1.807, 2.05) is 36.4 Å². The monoisotopic (exact) mass is 379 g/mol. The van der Waals surface area contributed by atoms with E-state index in [1.165, 1.54) is 0 Å². The summed E-state index contributed by atoms with van der Waals surface area (Å²) in [6.07, 6.45) is 4.50. The van der Waals surface area contributed by atoms with Crippen molar-refractivity contribution in [3.05, 3.63) is 48.8 Å². The Bertz CT molecular complexity index is 918. The number of nitrogens with one attached hydrogen (secondary N) is 2. The van der Waals surface area contributed by atoms with Crippen LogP contribution in [0, 0.1) is 0 Å². The lowest BCUT2D eigenvalue weighted by Crippen LogP contribution is -2.16. The van der Waals surface area contributed by atoms with E-state index < -0.39 is 0 Å². The highest BCUT2D eigenvalue weighted by atomic mass is 16.5. The second-order valence-corrected chi connectivity index (χ2v) is 6.35. The molecule has 0 bridgehead atoms. The molecule has 3 rings (SSSR count). The van der Waals surface area contributed by atoms with Crippen molar-refractivity contribution in [1.82, 2.24) is 15.0 Å². The fraction of sp³-hybridized carbons (Fsp3) is 0.286. The molecule has 0 radical (unpaired) electrons. The van der Waals surface area contributed by atoms with Gasteiger partial charge in [0.05, 0.1) is 19.9 Å². The molecule has 3 aromatic rings. The number of hydrogen-bond donors (Lipinski definition) is 2. The molecule has 2 N–H and O–H groups in total. The van der Waals surface area contributed by atoms with Crippen LogP contribution in [0.4, 0.5) is 17.5 Å². The van der Waals surface area contributed by atoms with Crippen LogP contribution in [-0.4, -0.2) is 35.2 Å². The Morgan fingerprint density at radius 3 is 2.54 bits per heavy atom. The molecule has 0 amide bonds. The highest BCUT2D eigenvalue weighted by Gasteiger charge is 2.11. The minimum atomic E-state index is 0.262. The van der Waals surface area contributed by atoms with Gasteiger partial charge in [0.25, 0.3) is 0 Å². The van der Waals surface area contributed by atoms with Crippen molar-refractivity contribution >= 4 is 17.5 Å². The van der Waals surface area contributed by atoms with Crippen LogP contribution in [0.25, 0.3) is 11.3 Å². The zero-order valence-electron chi connectivity index (χ0n) is 16.6. The van der Waals surface area contributed by atoms with E-state index in [9.17, 15) is 0 Å². The fourth-order valence-electron chi connectivity index (χ4n) is 2.62. The van der Waals surface area contributed by atoms with Crippen LogP contribution in [0.2, 0.25) is 0 Å². The predicted molar refractivity (Wildman–Crippen MR) is 111 cm³/mol. The number of anilines is 3. The molecule has 2 aromatic heterocycles. The maximum atomic E-state index is 5.38. The SMILES string of the molecule is CC[C@H](C)Nc1nc(Nc2ccc(OC)c(OC)c2)cc(-c2cccnc2)n1. The molecule has 2 heterocycles. The highest BCUT2D eigenvalue weighted by Crippen LogP contribution is 2.31. The molecule has 0 spiro atoms. The third kappa shape index (κ3) is 4.68. The van der Waals surface area contributed by atoms with Crippen LogP contribution in [0.15, 0.2) is 48.8 Å². The van der Waals surface area contributed by atoms with Crippen LogP contribution in [0.1, 0.15) is 20.3 Å². The molecule has 0 aliphatic rings. The van der Waals surface area contributed by atoms with Crippen molar-refractivity contribution in [3.63, 3.8) is 0 Å². The molecule has 7 nitrogen and oxygen atoms in total. The molecule has 0 aliphatic heterocycles.